The summed E-state index contributed by atoms with van der Waals surface area (Å²) in [5.41, 5.74) is 2.09. The van der Waals surface area contributed by atoms with Crippen molar-refractivity contribution in [3.8, 4) is 0 Å². The number of hydrogen-bond donors (Lipinski definition) is 2. The molecule has 0 aliphatic carbocycles. The molecule has 0 bridgehead atoms. The SMILES string of the molecule is O=C(CCCCl)Nc1cc2c(cc1Cl)NC(=O)C2. The van der Waals surface area contributed by atoms with Crippen molar-refractivity contribution < 1.29 is 9.59 Å². The fraction of sp³-hybridized carbons (Fsp3) is 0.333. The predicted octanol–water partition coefficient (Wildman–Crippen LogP) is 2.79. The van der Waals surface area contributed by atoms with Gasteiger partial charge in [-0.25, -0.2) is 0 Å². The summed E-state index contributed by atoms with van der Waals surface area (Å²) in [4.78, 5) is 22.8. The zero-order valence-electron chi connectivity index (χ0n) is 9.56. The van der Waals surface area contributed by atoms with Crippen molar-refractivity contribution >= 4 is 46.4 Å². The fourth-order valence-electron chi connectivity index (χ4n) is 1.78. The van der Waals surface area contributed by atoms with Crippen molar-refractivity contribution in [2.75, 3.05) is 16.5 Å². The van der Waals surface area contributed by atoms with Crippen LogP contribution in [-0.4, -0.2) is 17.7 Å². The third-order valence-electron chi connectivity index (χ3n) is 2.63. The number of fused-ring (bicyclic) bond motifs is 1. The average molecular weight is 287 g/mol. The molecule has 0 aromatic heterocycles. The summed E-state index contributed by atoms with van der Waals surface area (Å²) in [6.45, 7) is 0. The lowest BCUT2D eigenvalue weighted by Crippen LogP contribution is -2.11. The van der Waals surface area contributed by atoms with Gasteiger partial charge in [0.2, 0.25) is 11.8 Å². The van der Waals surface area contributed by atoms with Gasteiger partial charge in [-0.1, -0.05) is 11.6 Å². The van der Waals surface area contributed by atoms with Gasteiger partial charge in [0, 0.05) is 18.0 Å². The number of alkyl halides is 1. The first kappa shape index (κ1) is 13.2. The molecule has 6 heteroatoms. The predicted molar refractivity (Wildman–Crippen MR) is 72.4 cm³/mol. The van der Waals surface area contributed by atoms with E-state index in [1.54, 1.807) is 12.1 Å². The first-order valence-corrected chi connectivity index (χ1v) is 6.49. The highest BCUT2D eigenvalue weighted by Crippen LogP contribution is 2.32. The minimum atomic E-state index is -0.130. The zero-order valence-corrected chi connectivity index (χ0v) is 11.1. The number of halogens is 2. The van der Waals surface area contributed by atoms with Crippen LogP contribution in [0.5, 0.6) is 0 Å². The molecule has 1 aromatic carbocycles. The topological polar surface area (TPSA) is 58.2 Å². The highest BCUT2D eigenvalue weighted by Gasteiger charge is 2.20. The highest BCUT2D eigenvalue weighted by atomic mass is 35.5. The monoisotopic (exact) mass is 286 g/mol. The normalized spacial score (nSPS) is 13.1. The number of anilines is 2. The van der Waals surface area contributed by atoms with Gasteiger partial charge in [0.25, 0.3) is 0 Å². The molecule has 0 atom stereocenters. The van der Waals surface area contributed by atoms with E-state index in [0.717, 1.165) is 5.56 Å². The Kier molecular flexibility index (Phi) is 4.09. The van der Waals surface area contributed by atoms with Crippen molar-refractivity contribution in [1.82, 2.24) is 0 Å². The van der Waals surface area contributed by atoms with Crippen LogP contribution < -0.4 is 10.6 Å². The number of rotatable bonds is 4. The number of hydrogen-bond acceptors (Lipinski definition) is 2. The van der Waals surface area contributed by atoms with Crippen LogP contribution in [0.1, 0.15) is 18.4 Å². The summed E-state index contributed by atoms with van der Waals surface area (Å²) in [5, 5.41) is 5.83. The molecule has 0 fully saturated rings. The molecule has 2 N–H and O–H groups in total. The standard InChI is InChI=1S/C12H12Cl2N2O2/c13-3-1-2-11(17)16-10-4-7-5-12(18)15-9(7)6-8(10)14/h4,6H,1-3,5H2,(H,15,18)(H,16,17). The number of amides is 2. The molecule has 4 nitrogen and oxygen atoms in total. The maximum Gasteiger partial charge on any atom is 0.228 e. The molecule has 0 saturated heterocycles. The van der Waals surface area contributed by atoms with Crippen LogP contribution in [-0.2, 0) is 16.0 Å². The van der Waals surface area contributed by atoms with Crippen LogP contribution in [0.2, 0.25) is 5.02 Å². The lowest BCUT2D eigenvalue weighted by atomic mass is 10.1. The van der Waals surface area contributed by atoms with E-state index >= 15 is 0 Å². The molecule has 0 unspecified atom stereocenters. The van der Waals surface area contributed by atoms with Gasteiger partial charge in [-0.15, -0.1) is 11.6 Å². The van der Waals surface area contributed by atoms with Crippen LogP contribution in [0.4, 0.5) is 11.4 Å². The molecule has 2 rings (SSSR count). The molecule has 0 spiro atoms. The molecule has 1 aliphatic heterocycles. The maximum absolute atomic E-state index is 11.6. The Morgan fingerprint density at radius 1 is 1.44 bits per heavy atom. The third-order valence-corrected chi connectivity index (χ3v) is 3.21. The van der Waals surface area contributed by atoms with Crippen molar-refractivity contribution in [3.63, 3.8) is 0 Å². The van der Waals surface area contributed by atoms with E-state index in [-0.39, 0.29) is 11.8 Å². The third kappa shape index (κ3) is 2.94. The van der Waals surface area contributed by atoms with Gasteiger partial charge in [0.1, 0.15) is 0 Å². The van der Waals surface area contributed by atoms with E-state index in [0.29, 0.717) is 41.5 Å². The Bertz CT molecular complexity index is 503. The van der Waals surface area contributed by atoms with E-state index < -0.39 is 0 Å². The smallest absolute Gasteiger partial charge is 0.228 e. The van der Waals surface area contributed by atoms with Gasteiger partial charge >= 0.3 is 0 Å². The van der Waals surface area contributed by atoms with Gasteiger partial charge < -0.3 is 10.6 Å². The van der Waals surface area contributed by atoms with Crippen LogP contribution in [0, 0.1) is 0 Å². The first-order valence-electron chi connectivity index (χ1n) is 5.58. The molecule has 2 amide bonds. The van der Waals surface area contributed by atoms with Crippen molar-refractivity contribution in [2.45, 2.75) is 19.3 Å². The van der Waals surface area contributed by atoms with E-state index in [1.165, 1.54) is 0 Å². The number of carbonyl (C=O) groups is 2. The van der Waals surface area contributed by atoms with Gasteiger partial charge in [-0.2, -0.15) is 0 Å². The van der Waals surface area contributed by atoms with Crippen LogP contribution in [0.25, 0.3) is 0 Å². The lowest BCUT2D eigenvalue weighted by molar-refractivity contribution is -0.116. The van der Waals surface area contributed by atoms with Crippen LogP contribution in [0.3, 0.4) is 0 Å². The van der Waals surface area contributed by atoms with Crippen molar-refractivity contribution in [1.29, 1.82) is 0 Å². The van der Waals surface area contributed by atoms with Gasteiger partial charge in [0.05, 0.1) is 17.1 Å². The summed E-state index contributed by atoms with van der Waals surface area (Å²) in [7, 11) is 0. The fourth-order valence-corrected chi connectivity index (χ4v) is 2.13. The van der Waals surface area contributed by atoms with E-state index in [2.05, 4.69) is 10.6 Å². The summed E-state index contributed by atoms with van der Waals surface area (Å²) in [5.74, 6) is 0.255. The van der Waals surface area contributed by atoms with Crippen molar-refractivity contribution in [3.05, 3.63) is 22.7 Å². The molecule has 0 radical (unpaired) electrons. The zero-order chi connectivity index (χ0) is 13.1. The molecular weight excluding hydrogens is 275 g/mol. The van der Waals surface area contributed by atoms with Crippen LogP contribution >= 0.6 is 23.2 Å². The highest BCUT2D eigenvalue weighted by molar-refractivity contribution is 6.34. The van der Waals surface area contributed by atoms with E-state index in [1.807, 2.05) is 0 Å². The number of carbonyl (C=O) groups excluding carboxylic acids is 2. The van der Waals surface area contributed by atoms with Gasteiger partial charge in [-0.3, -0.25) is 9.59 Å². The average Bonchev–Trinajstić information content (AvgIpc) is 2.66. The minimum absolute atomic E-state index is 0.0633. The molecule has 1 heterocycles. The second-order valence-corrected chi connectivity index (χ2v) is 4.84. The second kappa shape index (κ2) is 5.59. The largest absolute Gasteiger partial charge is 0.325 e. The van der Waals surface area contributed by atoms with E-state index in [9.17, 15) is 9.59 Å². The van der Waals surface area contributed by atoms with Gasteiger partial charge in [0.15, 0.2) is 0 Å². The molecule has 0 saturated carbocycles. The second-order valence-electron chi connectivity index (χ2n) is 4.05. The molecule has 1 aromatic rings. The molecule has 1 aliphatic rings. The summed E-state index contributed by atoms with van der Waals surface area (Å²) in [6.07, 6.45) is 1.29. The summed E-state index contributed by atoms with van der Waals surface area (Å²) < 4.78 is 0. The Morgan fingerprint density at radius 3 is 2.94 bits per heavy atom. The minimum Gasteiger partial charge on any atom is -0.325 e. The number of nitrogens with one attached hydrogen (secondary N) is 2. The Morgan fingerprint density at radius 2 is 2.22 bits per heavy atom. The molecule has 96 valence electrons. The summed E-state index contributed by atoms with van der Waals surface area (Å²) in [6, 6.07) is 3.38. The Balaban J connectivity index is 2.12. The molecular formula is C12H12Cl2N2O2. The number of benzene rings is 1. The van der Waals surface area contributed by atoms with Crippen molar-refractivity contribution in [2.24, 2.45) is 0 Å². The van der Waals surface area contributed by atoms with Crippen LogP contribution in [0.15, 0.2) is 12.1 Å². The first-order chi connectivity index (χ1) is 8.60. The Labute approximate surface area is 115 Å². The maximum atomic E-state index is 11.6. The van der Waals surface area contributed by atoms with Gasteiger partial charge in [-0.05, 0) is 24.1 Å². The Hall–Kier alpha value is -1.26. The molecule has 18 heavy (non-hydrogen) atoms. The van der Waals surface area contributed by atoms with E-state index in [4.69, 9.17) is 23.2 Å². The quantitative estimate of drug-likeness (QED) is 0.837. The lowest BCUT2D eigenvalue weighted by Gasteiger charge is -2.09. The summed E-state index contributed by atoms with van der Waals surface area (Å²) >= 11 is 11.6.